The van der Waals surface area contributed by atoms with E-state index in [1.165, 1.54) is 17.0 Å². The maximum atomic E-state index is 13.8. The molecule has 2 heterocycles. The van der Waals surface area contributed by atoms with E-state index in [1.54, 1.807) is 23.0 Å². The minimum Gasteiger partial charge on any atom is -0.368 e. The van der Waals surface area contributed by atoms with Crippen LogP contribution in [0.1, 0.15) is 21.5 Å². The van der Waals surface area contributed by atoms with Gasteiger partial charge in [0, 0.05) is 24.7 Å². The first-order chi connectivity index (χ1) is 16.0. The second-order valence-corrected chi connectivity index (χ2v) is 8.00. The quantitative estimate of drug-likeness (QED) is 0.525. The van der Waals surface area contributed by atoms with Crippen LogP contribution < -0.4 is 5.73 Å². The average molecular weight is 440 g/mol. The van der Waals surface area contributed by atoms with Gasteiger partial charge < -0.3 is 10.6 Å². The molecule has 0 unspecified atom stereocenters. The second kappa shape index (κ2) is 8.35. The van der Waals surface area contributed by atoms with E-state index in [9.17, 15) is 14.0 Å². The Hall–Kier alpha value is -4.26. The Morgan fingerprint density at radius 1 is 0.909 bits per heavy atom. The molecule has 4 aromatic rings. The van der Waals surface area contributed by atoms with Gasteiger partial charge in [-0.1, -0.05) is 42.5 Å². The summed E-state index contributed by atoms with van der Waals surface area (Å²) >= 11 is 0. The Bertz CT molecular complexity index is 1330. The molecule has 0 bridgehead atoms. The first-order valence-corrected chi connectivity index (χ1v) is 10.6. The fourth-order valence-corrected chi connectivity index (χ4v) is 4.21. The number of carbonyl (C=O) groups is 2. The maximum Gasteiger partial charge on any atom is 0.258 e. The maximum absolute atomic E-state index is 13.8. The van der Waals surface area contributed by atoms with Gasteiger partial charge in [-0.3, -0.25) is 9.59 Å². The molecule has 2 amide bonds. The fourth-order valence-electron chi connectivity index (χ4n) is 4.21. The zero-order chi connectivity index (χ0) is 22.9. The largest absolute Gasteiger partial charge is 0.368 e. The van der Waals surface area contributed by atoms with Gasteiger partial charge in [-0.2, -0.15) is 5.10 Å². The number of rotatable bonds is 4. The van der Waals surface area contributed by atoms with Crippen LogP contribution in [0.4, 0.5) is 4.39 Å². The number of nitrogens with zero attached hydrogens (tertiary/aromatic N) is 3. The first kappa shape index (κ1) is 20.6. The van der Waals surface area contributed by atoms with E-state index in [4.69, 9.17) is 5.73 Å². The Morgan fingerprint density at radius 3 is 2.27 bits per heavy atom. The molecule has 0 aliphatic carbocycles. The van der Waals surface area contributed by atoms with E-state index in [2.05, 4.69) is 5.10 Å². The van der Waals surface area contributed by atoms with E-state index < -0.39 is 11.9 Å². The van der Waals surface area contributed by atoms with Gasteiger partial charge >= 0.3 is 0 Å². The van der Waals surface area contributed by atoms with Crippen molar-refractivity contribution in [3.05, 3.63) is 108 Å². The third-order valence-electron chi connectivity index (χ3n) is 5.92. The minimum atomic E-state index is -0.770. The predicted octanol–water partition coefficient (Wildman–Crippen LogP) is 3.73. The van der Waals surface area contributed by atoms with Crippen LogP contribution in [0.15, 0.2) is 85.1 Å². The molecule has 0 saturated heterocycles. The summed E-state index contributed by atoms with van der Waals surface area (Å²) in [6.07, 6.45) is 2.00. The summed E-state index contributed by atoms with van der Waals surface area (Å²) in [5.74, 6) is -1.29. The zero-order valence-corrected chi connectivity index (χ0v) is 17.7. The Morgan fingerprint density at radius 2 is 1.58 bits per heavy atom. The zero-order valence-electron chi connectivity index (χ0n) is 17.7. The number of primary amides is 1. The van der Waals surface area contributed by atoms with E-state index >= 15 is 0 Å². The van der Waals surface area contributed by atoms with Crippen LogP contribution in [0, 0.1) is 5.82 Å². The standard InChI is InChI=1S/C26H21FN4O2/c27-20-12-10-17(11-13-20)24-22(16-31(29-24)21-8-2-1-3-9-21)26(33)30-15-19-7-5-4-6-18(19)14-23(30)25(28)32/h1-13,16,23H,14-15H2,(H2,28,32)/t23-/m0/s1. The molecule has 164 valence electrons. The highest BCUT2D eigenvalue weighted by Crippen LogP contribution is 2.29. The van der Waals surface area contributed by atoms with E-state index in [1.807, 2.05) is 54.6 Å². The highest BCUT2D eigenvalue weighted by Gasteiger charge is 2.35. The van der Waals surface area contributed by atoms with E-state index in [0.717, 1.165) is 16.8 Å². The summed E-state index contributed by atoms with van der Waals surface area (Å²) in [5.41, 5.74) is 9.77. The molecule has 3 aromatic carbocycles. The lowest BCUT2D eigenvalue weighted by Crippen LogP contribution is -2.51. The van der Waals surface area contributed by atoms with Crippen molar-refractivity contribution in [2.24, 2.45) is 5.73 Å². The van der Waals surface area contributed by atoms with Crippen LogP contribution in [0.2, 0.25) is 0 Å². The van der Waals surface area contributed by atoms with Crippen LogP contribution in [-0.4, -0.2) is 32.5 Å². The molecule has 0 radical (unpaired) electrons. The van der Waals surface area contributed by atoms with Crippen LogP contribution >= 0.6 is 0 Å². The molecule has 0 spiro atoms. The van der Waals surface area contributed by atoms with Crippen molar-refractivity contribution in [1.29, 1.82) is 0 Å². The number of hydrogen-bond donors (Lipinski definition) is 1. The number of amides is 2. The van der Waals surface area contributed by atoms with Gasteiger partial charge in [-0.05, 0) is 47.5 Å². The molecule has 0 saturated carbocycles. The summed E-state index contributed by atoms with van der Waals surface area (Å²) in [6.45, 7) is 0.266. The van der Waals surface area contributed by atoms with Crippen molar-refractivity contribution < 1.29 is 14.0 Å². The minimum absolute atomic E-state index is 0.266. The highest BCUT2D eigenvalue weighted by atomic mass is 19.1. The lowest BCUT2D eigenvalue weighted by Gasteiger charge is -2.35. The SMILES string of the molecule is NC(=O)[C@@H]1Cc2ccccc2CN1C(=O)c1cn(-c2ccccc2)nc1-c1ccc(F)cc1. The molecule has 6 nitrogen and oxygen atoms in total. The van der Waals surface area contributed by atoms with Crippen LogP contribution in [-0.2, 0) is 17.8 Å². The van der Waals surface area contributed by atoms with Gasteiger partial charge in [-0.15, -0.1) is 0 Å². The van der Waals surface area contributed by atoms with E-state index in [0.29, 0.717) is 23.2 Å². The van der Waals surface area contributed by atoms with Crippen molar-refractivity contribution in [2.75, 3.05) is 0 Å². The summed E-state index contributed by atoms with van der Waals surface area (Å²) in [6, 6.07) is 22.2. The van der Waals surface area contributed by atoms with Crippen LogP contribution in [0.25, 0.3) is 16.9 Å². The fraction of sp³-hybridized carbons (Fsp3) is 0.115. The van der Waals surface area contributed by atoms with Crippen molar-refractivity contribution in [3.63, 3.8) is 0 Å². The van der Waals surface area contributed by atoms with Crippen molar-refractivity contribution in [2.45, 2.75) is 19.0 Å². The average Bonchev–Trinajstić information content (AvgIpc) is 3.29. The Labute approximate surface area is 190 Å². The van der Waals surface area contributed by atoms with Gasteiger partial charge in [0.25, 0.3) is 5.91 Å². The van der Waals surface area contributed by atoms with Crippen molar-refractivity contribution >= 4 is 11.8 Å². The molecule has 0 fully saturated rings. The lowest BCUT2D eigenvalue weighted by atomic mass is 9.92. The molecule has 2 N–H and O–H groups in total. The molecule has 1 aromatic heterocycles. The number of para-hydroxylation sites is 1. The first-order valence-electron chi connectivity index (χ1n) is 10.6. The van der Waals surface area contributed by atoms with Gasteiger partial charge in [0.2, 0.25) is 5.91 Å². The third-order valence-corrected chi connectivity index (χ3v) is 5.92. The number of benzene rings is 3. The van der Waals surface area contributed by atoms with Gasteiger partial charge in [0.1, 0.15) is 17.6 Å². The molecule has 33 heavy (non-hydrogen) atoms. The molecule has 1 atom stereocenters. The Balaban J connectivity index is 1.61. The monoisotopic (exact) mass is 440 g/mol. The van der Waals surface area contributed by atoms with Gasteiger partial charge in [-0.25, -0.2) is 9.07 Å². The molecule has 7 heteroatoms. The molecule has 1 aliphatic heterocycles. The molecular formula is C26H21FN4O2. The number of fused-ring (bicyclic) bond motifs is 1. The molecule has 5 rings (SSSR count). The summed E-state index contributed by atoms with van der Waals surface area (Å²) in [7, 11) is 0. The third kappa shape index (κ3) is 3.89. The summed E-state index contributed by atoms with van der Waals surface area (Å²) in [5, 5.41) is 4.64. The number of carbonyl (C=O) groups excluding carboxylic acids is 2. The number of hydrogen-bond acceptors (Lipinski definition) is 3. The topological polar surface area (TPSA) is 81.2 Å². The smallest absolute Gasteiger partial charge is 0.258 e. The van der Waals surface area contributed by atoms with Gasteiger partial charge in [0.15, 0.2) is 0 Å². The number of nitrogens with two attached hydrogens (primary N) is 1. The predicted molar refractivity (Wildman–Crippen MR) is 122 cm³/mol. The molecule has 1 aliphatic rings. The molecular weight excluding hydrogens is 419 g/mol. The van der Waals surface area contributed by atoms with E-state index in [-0.39, 0.29) is 18.3 Å². The van der Waals surface area contributed by atoms with Crippen molar-refractivity contribution in [1.82, 2.24) is 14.7 Å². The summed E-state index contributed by atoms with van der Waals surface area (Å²) < 4.78 is 15.2. The number of halogens is 1. The highest BCUT2D eigenvalue weighted by molar-refractivity contribution is 6.02. The van der Waals surface area contributed by atoms with Crippen LogP contribution in [0.5, 0.6) is 0 Å². The Kier molecular flexibility index (Phi) is 5.22. The normalized spacial score (nSPS) is 15.2. The van der Waals surface area contributed by atoms with Gasteiger partial charge in [0.05, 0.1) is 11.3 Å². The summed E-state index contributed by atoms with van der Waals surface area (Å²) in [4.78, 5) is 27.6. The number of aromatic nitrogens is 2. The van der Waals surface area contributed by atoms with Crippen LogP contribution in [0.3, 0.4) is 0 Å². The second-order valence-electron chi connectivity index (χ2n) is 8.00. The van der Waals surface area contributed by atoms with Crippen molar-refractivity contribution in [3.8, 4) is 16.9 Å². The lowest BCUT2D eigenvalue weighted by molar-refractivity contribution is -0.122.